The molecule has 0 radical (unpaired) electrons. The van der Waals surface area contributed by atoms with Crippen molar-refractivity contribution in [1.82, 2.24) is 10.6 Å². The van der Waals surface area contributed by atoms with Gasteiger partial charge < -0.3 is 15.4 Å². The van der Waals surface area contributed by atoms with Crippen LogP contribution in [0.15, 0.2) is 0 Å². The third-order valence-electron chi connectivity index (χ3n) is 3.14. The minimum Gasteiger partial charge on any atom is -0.385 e. The molecule has 1 rings (SSSR count). The van der Waals surface area contributed by atoms with Crippen LogP contribution in [-0.2, 0) is 9.53 Å². The van der Waals surface area contributed by atoms with E-state index < -0.39 is 0 Å². The number of carbonyl (C=O) groups is 1. The summed E-state index contributed by atoms with van der Waals surface area (Å²) in [6.07, 6.45) is 4.33. The number of hydrogen-bond acceptors (Lipinski definition) is 3. The number of amides is 1. The van der Waals surface area contributed by atoms with Gasteiger partial charge in [-0.15, -0.1) is 0 Å². The van der Waals surface area contributed by atoms with E-state index in [0.29, 0.717) is 5.92 Å². The number of methoxy groups -OCH3 is 1. The summed E-state index contributed by atoms with van der Waals surface area (Å²) in [6, 6.07) is 0.0268. The average molecular weight is 228 g/mol. The number of carbonyl (C=O) groups excluding carboxylic acids is 1. The van der Waals surface area contributed by atoms with Crippen molar-refractivity contribution < 1.29 is 9.53 Å². The average Bonchev–Trinajstić information content (AvgIpc) is 2.69. The molecule has 16 heavy (non-hydrogen) atoms. The number of hydrogen-bond donors (Lipinski definition) is 2. The van der Waals surface area contributed by atoms with Crippen molar-refractivity contribution >= 4 is 5.91 Å². The number of ether oxygens (including phenoxy) is 1. The van der Waals surface area contributed by atoms with Crippen molar-refractivity contribution in [3.63, 3.8) is 0 Å². The first-order valence-corrected chi connectivity index (χ1v) is 6.25. The summed E-state index contributed by atoms with van der Waals surface area (Å²) in [6.45, 7) is 4.69. The zero-order valence-electron chi connectivity index (χ0n) is 10.4. The Hall–Kier alpha value is -0.610. The Balaban J connectivity index is 2.02. The van der Waals surface area contributed by atoms with E-state index in [1.165, 1.54) is 0 Å². The Bertz CT molecular complexity index is 209. The number of rotatable bonds is 7. The van der Waals surface area contributed by atoms with Crippen LogP contribution in [0.4, 0.5) is 0 Å². The lowest BCUT2D eigenvalue weighted by Crippen LogP contribution is -2.43. The predicted molar refractivity (Wildman–Crippen MR) is 64.3 cm³/mol. The van der Waals surface area contributed by atoms with Crippen molar-refractivity contribution in [2.75, 3.05) is 26.8 Å². The number of unbranched alkanes of at least 4 members (excludes halogenated alkanes) is 2. The minimum absolute atomic E-state index is 0.0268. The Kier molecular flexibility index (Phi) is 6.42. The van der Waals surface area contributed by atoms with Gasteiger partial charge in [-0.2, -0.15) is 0 Å². The fourth-order valence-electron chi connectivity index (χ4n) is 2.06. The van der Waals surface area contributed by atoms with Crippen LogP contribution in [0.1, 0.15) is 32.6 Å². The maximum atomic E-state index is 11.7. The SMILES string of the molecule is COCCCCCNC(=O)C1NCCC1C. The summed E-state index contributed by atoms with van der Waals surface area (Å²) in [7, 11) is 1.72. The second kappa shape index (κ2) is 7.63. The Morgan fingerprint density at radius 2 is 2.25 bits per heavy atom. The van der Waals surface area contributed by atoms with Gasteiger partial charge in [0.25, 0.3) is 0 Å². The maximum absolute atomic E-state index is 11.7. The lowest BCUT2D eigenvalue weighted by Gasteiger charge is -2.15. The van der Waals surface area contributed by atoms with Crippen molar-refractivity contribution in [2.45, 2.75) is 38.6 Å². The lowest BCUT2D eigenvalue weighted by atomic mass is 10.0. The molecule has 0 spiro atoms. The van der Waals surface area contributed by atoms with Crippen molar-refractivity contribution in [1.29, 1.82) is 0 Å². The molecule has 4 heteroatoms. The Morgan fingerprint density at radius 3 is 2.88 bits per heavy atom. The molecule has 1 aliphatic rings. The number of nitrogens with one attached hydrogen (secondary N) is 2. The highest BCUT2D eigenvalue weighted by Gasteiger charge is 2.28. The van der Waals surface area contributed by atoms with E-state index in [1.54, 1.807) is 7.11 Å². The van der Waals surface area contributed by atoms with Crippen molar-refractivity contribution in [3.8, 4) is 0 Å². The van der Waals surface area contributed by atoms with Crippen LogP contribution >= 0.6 is 0 Å². The van der Waals surface area contributed by atoms with Crippen LogP contribution in [0.3, 0.4) is 0 Å². The molecule has 0 bridgehead atoms. The van der Waals surface area contributed by atoms with Crippen LogP contribution in [0.2, 0.25) is 0 Å². The summed E-state index contributed by atoms with van der Waals surface area (Å²) in [5, 5.41) is 6.22. The Morgan fingerprint density at radius 1 is 1.44 bits per heavy atom. The van der Waals surface area contributed by atoms with E-state index in [-0.39, 0.29) is 11.9 Å². The molecule has 2 atom stereocenters. The van der Waals surface area contributed by atoms with Crippen LogP contribution < -0.4 is 10.6 Å². The van der Waals surface area contributed by atoms with Crippen LogP contribution in [0.25, 0.3) is 0 Å². The van der Waals surface area contributed by atoms with Gasteiger partial charge in [-0.1, -0.05) is 6.92 Å². The molecular formula is C12H24N2O2. The summed E-state index contributed by atoms with van der Waals surface area (Å²) in [5.41, 5.74) is 0. The molecule has 1 fully saturated rings. The molecule has 1 saturated heterocycles. The molecule has 0 aliphatic carbocycles. The third kappa shape index (κ3) is 4.49. The van der Waals surface area contributed by atoms with Gasteiger partial charge in [0.2, 0.25) is 5.91 Å². The molecule has 1 aliphatic heterocycles. The minimum atomic E-state index is 0.0268. The fourth-order valence-corrected chi connectivity index (χ4v) is 2.06. The van der Waals surface area contributed by atoms with E-state index >= 15 is 0 Å². The molecule has 94 valence electrons. The van der Waals surface area contributed by atoms with Crippen LogP contribution in [0, 0.1) is 5.92 Å². The van der Waals surface area contributed by atoms with E-state index in [0.717, 1.165) is 45.4 Å². The van der Waals surface area contributed by atoms with Crippen LogP contribution in [-0.4, -0.2) is 38.8 Å². The van der Waals surface area contributed by atoms with E-state index in [1.807, 2.05) is 0 Å². The Labute approximate surface area is 98.1 Å². The molecule has 1 heterocycles. The summed E-state index contributed by atoms with van der Waals surface area (Å²) in [5.74, 6) is 0.630. The van der Waals surface area contributed by atoms with E-state index in [4.69, 9.17) is 4.74 Å². The molecule has 2 N–H and O–H groups in total. The first kappa shape index (κ1) is 13.5. The second-order valence-corrected chi connectivity index (χ2v) is 4.54. The molecule has 0 saturated carbocycles. The molecule has 0 aromatic heterocycles. The standard InChI is InChI=1S/C12H24N2O2/c1-10-6-8-13-11(10)12(15)14-7-4-3-5-9-16-2/h10-11,13H,3-9H2,1-2H3,(H,14,15). The van der Waals surface area contributed by atoms with Gasteiger partial charge in [-0.05, 0) is 38.1 Å². The maximum Gasteiger partial charge on any atom is 0.237 e. The molecular weight excluding hydrogens is 204 g/mol. The summed E-state index contributed by atoms with van der Waals surface area (Å²) >= 11 is 0. The van der Waals surface area contributed by atoms with Gasteiger partial charge in [-0.3, -0.25) is 4.79 Å². The molecule has 0 aromatic carbocycles. The largest absolute Gasteiger partial charge is 0.385 e. The summed E-state index contributed by atoms with van der Waals surface area (Å²) < 4.78 is 4.97. The highest BCUT2D eigenvalue weighted by atomic mass is 16.5. The quantitative estimate of drug-likeness (QED) is 0.637. The molecule has 0 aromatic rings. The fraction of sp³-hybridized carbons (Fsp3) is 0.917. The molecule has 4 nitrogen and oxygen atoms in total. The van der Waals surface area contributed by atoms with Crippen molar-refractivity contribution in [2.24, 2.45) is 5.92 Å². The highest BCUT2D eigenvalue weighted by molar-refractivity contribution is 5.82. The second-order valence-electron chi connectivity index (χ2n) is 4.54. The normalized spacial score (nSPS) is 24.6. The monoisotopic (exact) mass is 228 g/mol. The predicted octanol–water partition coefficient (Wildman–Crippen LogP) is 0.917. The van der Waals surface area contributed by atoms with E-state index in [9.17, 15) is 4.79 Å². The van der Waals surface area contributed by atoms with Gasteiger partial charge in [-0.25, -0.2) is 0 Å². The van der Waals surface area contributed by atoms with Gasteiger partial charge in [0.05, 0.1) is 6.04 Å². The van der Waals surface area contributed by atoms with Gasteiger partial charge in [0, 0.05) is 20.3 Å². The van der Waals surface area contributed by atoms with Crippen LogP contribution in [0.5, 0.6) is 0 Å². The molecule has 2 unspecified atom stereocenters. The highest BCUT2D eigenvalue weighted by Crippen LogP contribution is 2.14. The summed E-state index contributed by atoms with van der Waals surface area (Å²) in [4.78, 5) is 11.7. The van der Waals surface area contributed by atoms with Gasteiger partial charge in [0.15, 0.2) is 0 Å². The first-order chi connectivity index (χ1) is 7.75. The molecule has 1 amide bonds. The zero-order chi connectivity index (χ0) is 11.8. The van der Waals surface area contributed by atoms with Crippen molar-refractivity contribution in [3.05, 3.63) is 0 Å². The van der Waals surface area contributed by atoms with Gasteiger partial charge >= 0.3 is 0 Å². The topological polar surface area (TPSA) is 50.4 Å². The van der Waals surface area contributed by atoms with Gasteiger partial charge in [0.1, 0.15) is 0 Å². The van der Waals surface area contributed by atoms with E-state index in [2.05, 4.69) is 17.6 Å². The smallest absolute Gasteiger partial charge is 0.237 e. The first-order valence-electron chi connectivity index (χ1n) is 6.25. The zero-order valence-corrected chi connectivity index (χ0v) is 10.4. The lowest BCUT2D eigenvalue weighted by molar-refractivity contribution is -0.123. The third-order valence-corrected chi connectivity index (χ3v) is 3.14.